The Morgan fingerprint density at radius 3 is 0.840 bits per heavy atom. The summed E-state index contributed by atoms with van der Waals surface area (Å²) in [6, 6.07) is 72.0. The van der Waals surface area contributed by atoms with Crippen molar-refractivity contribution >= 4 is 74.4 Å². The van der Waals surface area contributed by atoms with Gasteiger partial charge in [-0.25, -0.2) is 19.9 Å². The summed E-state index contributed by atoms with van der Waals surface area (Å²) in [5.41, 5.74) is 19.5. The van der Waals surface area contributed by atoms with Gasteiger partial charge in [0.15, 0.2) is 0 Å². The zero-order valence-electron chi connectivity index (χ0n) is 52.9. The van der Waals surface area contributed by atoms with E-state index in [4.69, 9.17) is 29.8 Å². The SMILES string of the molecule is C=Cc1ccc(Cn2c(CN(Cc3cc(C)cc(CN(Cc4nc5ccccc5n4Cc4ccc(C=C)cc4)Cc4nc5ccccc5n4Cc4ccc(C=C)cc4)c3O)Cc3nc4ccccc4n3Cc3ccc(C=C)cc3)nc3ccccc32)cc1.CC(=O)O.[Mn].[Mn]. The molecule has 0 bridgehead atoms. The van der Waals surface area contributed by atoms with Crippen molar-refractivity contribution in [3.63, 3.8) is 0 Å². The monoisotopic (exact) mass is 1320 g/mol. The number of rotatable bonds is 24. The van der Waals surface area contributed by atoms with E-state index in [9.17, 15) is 5.11 Å². The molecule has 4 heterocycles. The third-order valence-corrected chi connectivity index (χ3v) is 16.8. The molecule has 0 fully saturated rings. The molecular weight excluding hydrogens is 1250 g/mol. The summed E-state index contributed by atoms with van der Waals surface area (Å²) < 4.78 is 9.34. The zero-order chi connectivity index (χ0) is 63.7. The summed E-state index contributed by atoms with van der Waals surface area (Å²) in [4.78, 5) is 35.3. The Bertz CT molecular complexity index is 4250. The Labute approximate surface area is 570 Å². The van der Waals surface area contributed by atoms with Crippen LogP contribution in [0, 0.1) is 6.92 Å². The first-order valence-corrected chi connectivity index (χ1v) is 31.0. The van der Waals surface area contributed by atoms with Gasteiger partial charge in [-0.15, -0.1) is 0 Å². The van der Waals surface area contributed by atoms with Crippen molar-refractivity contribution in [2.75, 3.05) is 0 Å². The van der Waals surface area contributed by atoms with E-state index in [-0.39, 0.29) is 39.9 Å². The van der Waals surface area contributed by atoms with E-state index in [1.807, 2.05) is 24.3 Å². The van der Waals surface area contributed by atoms with Gasteiger partial charge in [-0.1, -0.05) is 214 Å². The first-order valence-electron chi connectivity index (χ1n) is 31.0. The fraction of sp³-hybridized carbons (Fsp3) is 0.152. The van der Waals surface area contributed by atoms with Gasteiger partial charge in [-0.2, -0.15) is 0 Å². The summed E-state index contributed by atoms with van der Waals surface area (Å²) in [7, 11) is 0. The second-order valence-corrected chi connectivity index (χ2v) is 23.4. The molecule has 15 heteroatoms. The van der Waals surface area contributed by atoms with E-state index in [2.05, 4.69) is 268 Å². The predicted molar refractivity (Wildman–Crippen MR) is 374 cm³/mol. The Kier molecular flexibility index (Phi) is 21.8. The maximum Gasteiger partial charge on any atom is 0.300 e. The number of benzene rings is 9. The van der Waals surface area contributed by atoms with Gasteiger partial charge in [0, 0.05) is 91.5 Å². The topological polar surface area (TPSA) is 135 Å². The Morgan fingerprint density at radius 2 is 0.617 bits per heavy atom. The number of imidazole rings is 4. The maximum absolute atomic E-state index is 13.1. The number of aromatic nitrogens is 8. The molecule has 2 radical (unpaired) electrons. The summed E-state index contributed by atoms with van der Waals surface area (Å²) in [5.74, 6) is 3.06. The molecule has 0 unspecified atom stereocenters. The second kappa shape index (κ2) is 30.7. The van der Waals surface area contributed by atoms with Gasteiger partial charge in [0.25, 0.3) is 5.97 Å². The van der Waals surface area contributed by atoms with E-state index in [1.165, 1.54) is 0 Å². The number of carbonyl (C=O) groups is 1. The summed E-state index contributed by atoms with van der Waals surface area (Å²) in [5, 5.41) is 20.6. The normalized spacial score (nSPS) is 11.2. The fourth-order valence-electron chi connectivity index (χ4n) is 12.2. The molecule has 0 aliphatic rings. The summed E-state index contributed by atoms with van der Waals surface area (Å²) >= 11 is 0. The molecule has 0 aliphatic carbocycles. The van der Waals surface area contributed by atoms with Crippen LogP contribution < -0.4 is 0 Å². The van der Waals surface area contributed by atoms with Crippen LogP contribution in [0.2, 0.25) is 0 Å². The van der Waals surface area contributed by atoms with Crippen LogP contribution in [0.5, 0.6) is 5.75 Å². The van der Waals surface area contributed by atoms with Crippen LogP contribution >= 0.6 is 0 Å². The van der Waals surface area contributed by atoms with Crippen molar-refractivity contribution in [1.82, 2.24) is 48.0 Å². The first kappa shape index (κ1) is 67.0. The number of hydrogen-bond donors (Lipinski definition) is 2. The Hall–Kier alpha value is -9.95. The number of aryl methyl sites for hydroxylation is 1. The molecule has 0 amide bonds. The largest absolute Gasteiger partial charge is 0.507 e. The van der Waals surface area contributed by atoms with Gasteiger partial charge in [-0.3, -0.25) is 14.6 Å². The Morgan fingerprint density at radius 1 is 0.394 bits per heavy atom. The number of fused-ring (bicyclic) bond motifs is 4. The van der Waals surface area contributed by atoms with Crippen LogP contribution in [0.25, 0.3) is 68.4 Å². The van der Waals surface area contributed by atoms with Gasteiger partial charge in [0.05, 0.1) is 70.3 Å². The molecule has 472 valence electrons. The van der Waals surface area contributed by atoms with Crippen LogP contribution in [0.1, 0.15) is 91.4 Å². The minimum atomic E-state index is -0.833. The molecule has 0 saturated carbocycles. The molecule has 13 rings (SSSR count). The molecule has 4 aromatic heterocycles. The Balaban J connectivity index is 0.00000156. The number of phenolic OH excluding ortho intramolecular Hbond substituents is 1. The number of nitrogens with zero attached hydrogens (tertiary/aromatic N) is 10. The number of phenols is 1. The van der Waals surface area contributed by atoms with Gasteiger partial charge in [0.1, 0.15) is 29.0 Å². The minimum Gasteiger partial charge on any atom is -0.507 e. The van der Waals surface area contributed by atoms with Crippen LogP contribution in [-0.2, 0) is 104 Å². The van der Waals surface area contributed by atoms with E-state index >= 15 is 0 Å². The molecule has 0 aliphatic heterocycles. The zero-order valence-corrected chi connectivity index (χ0v) is 55.2. The van der Waals surface area contributed by atoms with Gasteiger partial charge >= 0.3 is 0 Å². The van der Waals surface area contributed by atoms with Gasteiger partial charge in [-0.05, 0) is 100.0 Å². The average Bonchev–Trinajstić information content (AvgIpc) is 1.68. The molecule has 13 aromatic rings. The molecule has 0 atom stereocenters. The van der Waals surface area contributed by atoms with E-state index in [1.54, 1.807) is 0 Å². The van der Waals surface area contributed by atoms with Crippen molar-refractivity contribution in [2.24, 2.45) is 0 Å². The van der Waals surface area contributed by atoms with Crippen LogP contribution in [-0.4, -0.2) is 64.2 Å². The van der Waals surface area contributed by atoms with Crippen molar-refractivity contribution in [3.05, 3.63) is 317 Å². The molecular formula is C79H74Mn2N10O3. The van der Waals surface area contributed by atoms with Gasteiger partial charge < -0.3 is 28.5 Å². The fourth-order valence-corrected chi connectivity index (χ4v) is 12.2. The first-order chi connectivity index (χ1) is 44.9. The quantitative estimate of drug-likeness (QED) is 0.0567. The molecule has 9 aromatic carbocycles. The van der Waals surface area contributed by atoms with Crippen molar-refractivity contribution in [1.29, 1.82) is 0 Å². The number of hydrogen-bond acceptors (Lipinski definition) is 8. The number of carboxylic acid groups (broad SMARTS) is 1. The number of aliphatic carboxylic acids is 1. The van der Waals surface area contributed by atoms with Crippen LogP contribution in [0.3, 0.4) is 0 Å². The number of carboxylic acids is 1. The third-order valence-electron chi connectivity index (χ3n) is 16.8. The van der Waals surface area contributed by atoms with E-state index in [0.29, 0.717) is 65.4 Å². The molecule has 0 saturated heterocycles. The molecule has 0 spiro atoms. The standard InChI is InChI=1S/C77H70N10O.C2H4O2.2Mn/c1-6-55-26-34-59(35-27-55)44-84-69-22-14-10-18-65(69)78-73(84)50-82(51-74-79-66-19-11-15-23-70(66)85(74)45-60-36-28-56(7-2)29-37-60)48-63-42-54(5)43-64(77(63)88)49-83(52-75-80-67-20-12-16-24-71(67)86(75)46-61-38-30-57(8-3)31-39-61)53-76-81-68-21-13-17-25-72(68)87(76)47-62-40-32-58(9-4)33-41-62;1-2(3)4;;/h6-43,88H,1-4,44-53H2,5H3;1H3,(H,3,4);;. The number of para-hydroxylation sites is 8. The molecule has 2 N–H and O–H groups in total. The second-order valence-electron chi connectivity index (χ2n) is 23.4. The summed E-state index contributed by atoms with van der Waals surface area (Å²) in [6.07, 6.45) is 7.50. The van der Waals surface area contributed by atoms with Crippen molar-refractivity contribution in [2.45, 2.75) is 79.3 Å². The molecule has 94 heavy (non-hydrogen) atoms. The van der Waals surface area contributed by atoms with E-state index in [0.717, 1.165) is 136 Å². The number of aromatic hydroxyl groups is 1. The maximum atomic E-state index is 13.1. The minimum absolute atomic E-state index is 0. The summed E-state index contributed by atoms with van der Waals surface area (Å²) in [6.45, 7) is 24.4. The van der Waals surface area contributed by atoms with Crippen LogP contribution in [0.15, 0.2) is 233 Å². The van der Waals surface area contributed by atoms with E-state index < -0.39 is 5.97 Å². The average molecular weight is 1320 g/mol. The molecule has 13 nitrogen and oxygen atoms in total. The van der Waals surface area contributed by atoms with Crippen molar-refractivity contribution < 1.29 is 49.1 Å². The predicted octanol–water partition coefficient (Wildman–Crippen LogP) is 16.4. The smallest absolute Gasteiger partial charge is 0.300 e. The third kappa shape index (κ3) is 15.6. The van der Waals surface area contributed by atoms with Gasteiger partial charge in [0.2, 0.25) is 0 Å². The van der Waals surface area contributed by atoms with Crippen molar-refractivity contribution in [3.8, 4) is 5.75 Å². The van der Waals surface area contributed by atoms with Crippen LogP contribution in [0.4, 0.5) is 0 Å².